The molecule has 8 nitrogen and oxygen atoms in total. The van der Waals surface area contributed by atoms with Crippen molar-refractivity contribution in [2.45, 2.75) is 19.9 Å². The van der Waals surface area contributed by atoms with Gasteiger partial charge in [0.25, 0.3) is 11.5 Å². The topological polar surface area (TPSA) is 104 Å². The van der Waals surface area contributed by atoms with Crippen LogP contribution in [0.3, 0.4) is 0 Å². The van der Waals surface area contributed by atoms with Gasteiger partial charge in [-0.25, -0.2) is 0 Å². The molecule has 1 aromatic heterocycles. The Morgan fingerprint density at radius 3 is 2.50 bits per heavy atom. The number of hydrogen-bond acceptors (Lipinski definition) is 5. The summed E-state index contributed by atoms with van der Waals surface area (Å²) < 4.78 is 1.39. The highest BCUT2D eigenvalue weighted by Crippen LogP contribution is 2.37. The molecule has 36 heavy (non-hydrogen) atoms. The lowest BCUT2D eigenvalue weighted by atomic mass is 9.98. The van der Waals surface area contributed by atoms with Crippen molar-refractivity contribution in [3.63, 3.8) is 0 Å². The highest BCUT2D eigenvalue weighted by Gasteiger charge is 2.28. The van der Waals surface area contributed by atoms with Crippen LogP contribution >= 0.6 is 11.6 Å². The van der Waals surface area contributed by atoms with E-state index in [2.05, 4.69) is 10.6 Å². The number of benzene rings is 2. The first-order chi connectivity index (χ1) is 17.2. The van der Waals surface area contributed by atoms with Crippen LogP contribution in [0.1, 0.15) is 27.9 Å². The Hall–Kier alpha value is -3.62. The molecule has 2 heterocycles. The molecule has 1 saturated heterocycles. The molecule has 3 aromatic rings. The van der Waals surface area contributed by atoms with Gasteiger partial charge in [0, 0.05) is 44.6 Å². The number of aliphatic carboxylic acids is 1. The first-order valence-electron chi connectivity index (χ1n) is 11.7. The molecular weight excluding hydrogens is 480 g/mol. The molecule has 1 atom stereocenters. The number of likely N-dealkylation sites (tertiary alicyclic amines) is 1. The summed E-state index contributed by atoms with van der Waals surface area (Å²) in [6.07, 6.45) is 2.28. The number of rotatable bonds is 7. The zero-order valence-electron chi connectivity index (χ0n) is 20.5. The molecule has 3 N–H and O–H groups in total. The lowest BCUT2D eigenvalue weighted by Gasteiger charge is -2.17. The van der Waals surface area contributed by atoms with E-state index in [-0.39, 0.29) is 5.56 Å². The SMILES string of the molecule is CNc1cccc(-c2cccc(NC(=O)c3cc(CN4CCC(C(=O)O)C4)cn(C)c3=O)c2C)c1Cl. The van der Waals surface area contributed by atoms with E-state index in [9.17, 15) is 19.5 Å². The van der Waals surface area contributed by atoms with Gasteiger partial charge < -0.3 is 20.3 Å². The Balaban J connectivity index is 1.59. The summed E-state index contributed by atoms with van der Waals surface area (Å²) in [6, 6.07) is 12.9. The van der Waals surface area contributed by atoms with Crippen LogP contribution in [0.4, 0.5) is 11.4 Å². The largest absolute Gasteiger partial charge is 0.481 e. The summed E-state index contributed by atoms with van der Waals surface area (Å²) in [5, 5.41) is 15.8. The molecule has 188 valence electrons. The van der Waals surface area contributed by atoms with Gasteiger partial charge in [-0.3, -0.25) is 19.3 Å². The second-order valence-corrected chi connectivity index (χ2v) is 9.46. The predicted molar refractivity (Wildman–Crippen MR) is 142 cm³/mol. The van der Waals surface area contributed by atoms with E-state index in [1.54, 1.807) is 32.4 Å². The van der Waals surface area contributed by atoms with Gasteiger partial charge in [0.15, 0.2) is 0 Å². The van der Waals surface area contributed by atoms with Crippen LogP contribution in [-0.2, 0) is 18.4 Å². The molecule has 0 bridgehead atoms. The Morgan fingerprint density at radius 2 is 1.83 bits per heavy atom. The van der Waals surface area contributed by atoms with E-state index >= 15 is 0 Å². The molecule has 0 aliphatic carbocycles. The van der Waals surface area contributed by atoms with Crippen molar-refractivity contribution in [2.24, 2.45) is 13.0 Å². The number of carboxylic acids is 1. The van der Waals surface area contributed by atoms with Gasteiger partial charge in [-0.2, -0.15) is 0 Å². The van der Waals surface area contributed by atoms with Crippen molar-refractivity contribution in [3.05, 3.63) is 80.7 Å². The minimum Gasteiger partial charge on any atom is -0.481 e. The summed E-state index contributed by atoms with van der Waals surface area (Å²) in [5.74, 6) is -1.69. The Morgan fingerprint density at radius 1 is 1.14 bits per heavy atom. The van der Waals surface area contributed by atoms with E-state index in [1.807, 2.05) is 42.2 Å². The number of nitrogens with zero attached hydrogens (tertiary/aromatic N) is 2. The third kappa shape index (κ3) is 5.15. The van der Waals surface area contributed by atoms with Crippen molar-refractivity contribution < 1.29 is 14.7 Å². The van der Waals surface area contributed by atoms with Crippen molar-refractivity contribution >= 4 is 34.9 Å². The number of carboxylic acid groups (broad SMARTS) is 1. The van der Waals surface area contributed by atoms with E-state index in [0.717, 1.165) is 27.9 Å². The molecule has 0 radical (unpaired) electrons. The Labute approximate surface area is 214 Å². The Bertz CT molecular complexity index is 1380. The standard InChI is InChI=1S/C27H29ClN4O4/c1-16-19(20-7-5-9-23(29-2)24(20)28)6-4-8-22(16)30-25(33)21-12-17(13-31(3)26(21)34)14-32-11-10-18(15-32)27(35)36/h4-9,12-13,18,29H,10-11,14-15H2,1-3H3,(H,30,33)(H,35,36). The number of anilines is 2. The molecule has 1 fully saturated rings. The summed E-state index contributed by atoms with van der Waals surface area (Å²) in [7, 11) is 3.41. The van der Waals surface area contributed by atoms with E-state index in [0.29, 0.717) is 36.8 Å². The van der Waals surface area contributed by atoms with Crippen molar-refractivity contribution in [2.75, 3.05) is 30.8 Å². The molecule has 1 unspecified atom stereocenters. The first-order valence-corrected chi connectivity index (χ1v) is 12.1. The maximum atomic E-state index is 13.2. The van der Waals surface area contributed by atoms with Gasteiger partial charge in [0.1, 0.15) is 5.56 Å². The van der Waals surface area contributed by atoms with Gasteiger partial charge in [0.05, 0.1) is 16.6 Å². The van der Waals surface area contributed by atoms with E-state index in [4.69, 9.17) is 11.6 Å². The zero-order chi connectivity index (χ0) is 26.0. The minimum absolute atomic E-state index is 0.0315. The maximum absolute atomic E-state index is 13.2. The molecular formula is C27H29ClN4O4. The number of nitrogens with one attached hydrogen (secondary N) is 2. The number of halogens is 1. The van der Waals surface area contributed by atoms with Crippen LogP contribution in [0.2, 0.25) is 5.02 Å². The van der Waals surface area contributed by atoms with Crippen molar-refractivity contribution in [3.8, 4) is 11.1 Å². The fraction of sp³-hybridized carbons (Fsp3) is 0.296. The fourth-order valence-electron chi connectivity index (χ4n) is 4.65. The second-order valence-electron chi connectivity index (χ2n) is 9.09. The summed E-state index contributed by atoms with van der Waals surface area (Å²) in [4.78, 5) is 39.3. The number of carbonyl (C=O) groups excluding carboxylic acids is 1. The number of pyridine rings is 1. The first kappa shape index (κ1) is 25.5. The van der Waals surface area contributed by atoms with Crippen molar-refractivity contribution in [1.82, 2.24) is 9.47 Å². The number of hydrogen-bond donors (Lipinski definition) is 3. The van der Waals surface area contributed by atoms with Crippen molar-refractivity contribution in [1.29, 1.82) is 0 Å². The normalized spacial score (nSPS) is 15.6. The van der Waals surface area contributed by atoms with Crippen LogP contribution in [0.25, 0.3) is 11.1 Å². The lowest BCUT2D eigenvalue weighted by Crippen LogP contribution is -2.29. The zero-order valence-corrected chi connectivity index (χ0v) is 21.2. The van der Waals surface area contributed by atoms with E-state index < -0.39 is 23.4 Å². The Kier molecular flexibility index (Phi) is 7.47. The average Bonchev–Trinajstić information content (AvgIpc) is 3.32. The number of aryl methyl sites for hydroxylation is 1. The molecule has 2 aromatic carbocycles. The van der Waals surface area contributed by atoms with Crippen LogP contribution in [0.5, 0.6) is 0 Å². The predicted octanol–water partition coefficient (Wildman–Crippen LogP) is 4.21. The fourth-order valence-corrected chi connectivity index (χ4v) is 4.97. The summed E-state index contributed by atoms with van der Waals surface area (Å²) in [5.41, 5.74) is 4.32. The third-order valence-electron chi connectivity index (χ3n) is 6.65. The van der Waals surface area contributed by atoms with Gasteiger partial charge in [-0.1, -0.05) is 35.9 Å². The van der Waals surface area contributed by atoms with Gasteiger partial charge >= 0.3 is 5.97 Å². The smallest absolute Gasteiger partial charge is 0.307 e. The van der Waals surface area contributed by atoms with Crippen LogP contribution < -0.4 is 16.2 Å². The van der Waals surface area contributed by atoms with Crippen LogP contribution in [0, 0.1) is 12.8 Å². The van der Waals surface area contributed by atoms with Crippen LogP contribution in [-0.4, -0.2) is 46.6 Å². The molecule has 1 aliphatic rings. The quantitative estimate of drug-likeness (QED) is 0.441. The summed E-state index contributed by atoms with van der Waals surface area (Å²) >= 11 is 6.59. The van der Waals surface area contributed by atoms with Gasteiger partial charge in [-0.05, 0) is 54.8 Å². The lowest BCUT2D eigenvalue weighted by molar-refractivity contribution is -0.141. The monoisotopic (exact) mass is 508 g/mol. The number of aromatic nitrogens is 1. The molecule has 1 amide bonds. The van der Waals surface area contributed by atoms with Crippen LogP contribution in [0.15, 0.2) is 53.5 Å². The third-order valence-corrected chi connectivity index (χ3v) is 7.06. The molecule has 4 rings (SSSR count). The average molecular weight is 509 g/mol. The molecule has 9 heteroatoms. The van der Waals surface area contributed by atoms with Gasteiger partial charge in [-0.15, -0.1) is 0 Å². The molecule has 1 aliphatic heterocycles. The summed E-state index contributed by atoms with van der Waals surface area (Å²) in [6.45, 7) is 3.47. The highest BCUT2D eigenvalue weighted by atomic mass is 35.5. The highest BCUT2D eigenvalue weighted by molar-refractivity contribution is 6.36. The molecule has 0 saturated carbocycles. The number of carbonyl (C=O) groups is 2. The molecule has 0 spiro atoms. The van der Waals surface area contributed by atoms with E-state index in [1.165, 1.54) is 4.57 Å². The minimum atomic E-state index is -0.797. The maximum Gasteiger partial charge on any atom is 0.307 e. The van der Waals surface area contributed by atoms with Gasteiger partial charge in [0.2, 0.25) is 0 Å². The second kappa shape index (κ2) is 10.6. The number of amides is 1.